The van der Waals surface area contributed by atoms with Gasteiger partial charge in [0.25, 0.3) is 0 Å². The van der Waals surface area contributed by atoms with Crippen LogP contribution in [0.4, 0.5) is 13.2 Å². The number of aromatic nitrogens is 1. The number of hydrogen-bond acceptors (Lipinski definition) is 9. The zero-order valence-electron chi connectivity index (χ0n) is 28.7. The minimum Gasteiger partial charge on any atom is -0.481 e. The van der Waals surface area contributed by atoms with E-state index in [1.807, 2.05) is 57.5 Å². The average molecular weight is 741 g/mol. The standard InChI is InChI=1S/C32H42N4O7S.C2HF3O2/c1-18-26(44-17-34-18)20-7-5-19(6-8-20)15-33-28(39)24-11-22(37)16-36(24)29(40)27(31(2,3)4)35-25(38)12-23-9-10-32(43-23)13-21(14-32)30(41)42;3-2(4,5)1(6)7/h5-8,17,21-24,27,37H,9-16H2,1-4H3,(H,33,39)(H,35,38)(H,41,42);(H,6,7)/t21?,22-,23?,24+,27+,32?;/m1./s1. The summed E-state index contributed by atoms with van der Waals surface area (Å²) in [5.74, 6) is -5.09. The number of nitrogens with zero attached hydrogens (tertiary/aromatic N) is 2. The Morgan fingerprint density at radius 3 is 2.25 bits per heavy atom. The van der Waals surface area contributed by atoms with E-state index < -0.39 is 59.1 Å². The summed E-state index contributed by atoms with van der Waals surface area (Å²) in [5, 5.41) is 32.6. The monoisotopic (exact) mass is 740 g/mol. The molecule has 1 unspecified atom stereocenters. The van der Waals surface area contributed by atoms with E-state index >= 15 is 0 Å². The van der Waals surface area contributed by atoms with E-state index in [0.717, 1.165) is 28.1 Å². The van der Waals surface area contributed by atoms with Gasteiger partial charge in [0.2, 0.25) is 17.7 Å². The number of carbonyl (C=O) groups excluding carboxylic acids is 3. The van der Waals surface area contributed by atoms with E-state index in [1.54, 1.807) is 11.3 Å². The van der Waals surface area contributed by atoms with Gasteiger partial charge in [-0.2, -0.15) is 13.2 Å². The molecule has 2 saturated heterocycles. The zero-order chi connectivity index (χ0) is 37.9. The molecule has 13 nitrogen and oxygen atoms in total. The normalized spacial score (nSPS) is 25.0. The summed E-state index contributed by atoms with van der Waals surface area (Å²) in [5.41, 5.74) is 3.61. The molecule has 3 aliphatic rings. The SMILES string of the molecule is Cc1ncsc1-c1ccc(CNC(=O)[C@@H]2C[C@@H](O)CN2C(=O)[C@H](NC(=O)CC2CCC3(CC(C(=O)O)C3)O2)C(C)(C)C)cc1.O=C(O)C(F)(F)F. The molecule has 280 valence electrons. The Morgan fingerprint density at radius 1 is 1.10 bits per heavy atom. The van der Waals surface area contributed by atoms with Crippen molar-refractivity contribution in [2.75, 3.05) is 6.54 Å². The van der Waals surface area contributed by atoms with Crippen molar-refractivity contribution in [1.82, 2.24) is 20.5 Å². The minimum absolute atomic E-state index is 0.00126. The summed E-state index contributed by atoms with van der Waals surface area (Å²) in [6, 6.07) is 6.08. The number of carboxylic acid groups (broad SMARTS) is 2. The molecule has 1 spiro atoms. The van der Waals surface area contributed by atoms with Crippen LogP contribution in [0.15, 0.2) is 29.8 Å². The summed E-state index contributed by atoms with van der Waals surface area (Å²) in [7, 11) is 0. The molecule has 2 aromatic rings. The van der Waals surface area contributed by atoms with Gasteiger partial charge in [-0.25, -0.2) is 9.78 Å². The molecule has 1 aromatic carbocycles. The number of aliphatic carboxylic acids is 2. The van der Waals surface area contributed by atoms with Gasteiger partial charge in [0.1, 0.15) is 12.1 Å². The molecular formula is C34H43F3N4O9S. The number of likely N-dealkylation sites (tertiary alicyclic amines) is 1. The Hall–Kier alpha value is -4.09. The number of hydrogen-bond donors (Lipinski definition) is 5. The number of alkyl halides is 3. The van der Waals surface area contributed by atoms with Gasteiger partial charge < -0.3 is 35.6 Å². The highest BCUT2D eigenvalue weighted by Gasteiger charge is 2.53. The van der Waals surface area contributed by atoms with Crippen molar-refractivity contribution in [3.63, 3.8) is 0 Å². The maximum atomic E-state index is 13.9. The number of aliphatic hydroxyl groups is 1. The van der Waals surface area contributed by atoms with E-state index in [0.29, 0.717) is 19.3 Å². The molecule has 4 atom stereocenters. The Morgan fingerprint density at radius 2 is 1.73 bits per heavy atom. The number of carbonyl (C=O) groups is 5. The number of thiazole rings is 1. The average Bonchev–Trinajstić information content (AvgIpc) is 3.75. The Labute approximate surface area is 296 Å². The Kier molecular flexibility index (Phi) is 12.2. The van der Waals surface area contributed by atoms with Crippen molar-refractivity contribution in [2.24, 2.45) is 11.3 Å². The summed E-state index contributed by atoms with van der Waals surface area (Å²) < 4.78 is 37.8. The number of β-amino-alcohol motifs (C(OH)–C–C–N with tert-alkyl or cyclic N) is 1. The first-order chi connectivity index (χ1) is 23.7. The minimum atomic E-state index is -5.08. The molecule has 51 heavy (non-hydrogen) atoms. The highest BCUT2D eigenvalue weighted by molar-refractivity contribution is 7.13. The van der Waals surface area contributed by atoms with Crippen LogP contribution in [0, 0.1) is 18.3 Å². The lowest BCUT2D eigenvalue weighted by Crippen LogP contribution is -2.58. The lowest BCUT2D eigenvalue weighted by atomic mass is 9.69. The van der Waals surface area contributed by atoms with Crippen molar-refractivity contribution in [3.05, 3.63) is 41.0 Å². The number of amides is 3. The number of benzene rings is 1. The van der Waals surface area contributed by atoms with E-state index in [2.05, 4.69) is 15.6 Å². The van der Waals surface area contributed by atoms with Crippen LogP contribution in [-0.2, 0) is 35.3 Å². The summed E-state index contributed by atoms with van der Waals surface area (Å²) >= 11 is 1.57. The predicted octanol–water partition coefficient (Wildman–Crippen LogP) is 3.66. The summed E-state index contributed by atoms with van der Waals surface area (Å²) in [6.45, 7) is 7.76. The molecule has 17 heteroatoms. The number of nitrogens with one attached hydrogen (secondary N) is 2. The van der Waals surface area contributed by atoms with Gasteiger partial charge in [0, 0.05) is 19.5 Å². The number of rotatable bonds is 9. The maximum absolute atomic E-state index is 13.9. The third-order valence-electron chi connectivity index (χ3n) is 9.29. The van der Waals surface area contributed by atoms with Gasteiger partial charge >= 0.3 is 18.1 Å². The van der Waals surface area contributed by atoms with Crippen LogP contribution in [0.25, 0.3) is 10.4 Å². The van der Waals surface area contributed by atoms with Crippen LogP contribution in [0.5, 0.6) is 0 Å². The van der Waals surface area contributed by atoms with Gasteiger partial charge in [0.05, 0.1) is 46.2 Å². The quantitative estimate of drug-likeness (QED) is 0.253. The topological polar surface area (TPSA) is 195 Å². The van der Waals surface area contributed by atoms with Gasteiger partial charge in [0.15, 0.2) is 0 Å². The second-order valence-corrected chi connectivity index (χ2v) is 15.2. The zero-order valence-corrected chi connectivity index (χ0v) is 29.5. The molecule has 0 radical (unpaired) electrons. The van der Waals surface area contributed by atoms with Gasteiger partial charge in [-0.3, -0.25) is 19.2 Å². The predicted molar refractivity (Wildman–Crippen MR) is 177 cm³/mol. The lowest BCUT2D eigenvalue weighted by molar-refractivity contribution is -0.192. The second-order valence-electron chi connectivity index (χ2n) is 14.4. The van der Waals surface area contributed by atoms with Crippen molar-refractivity contribution in [1.29, 1.82) is 0 Å². The third-order valence-corrected chi connectivity index (χ3v) is 10.3. The molecular weight excluding hydrogens is 697 g/mol. The molecule has 1 aliphatic carbocycles. The molecule has 1 aromatic heterocycles. The van der Waals surface area contributed by atoms with E-state index in [1.165, 1.54) is 4.90 Å². The van der Waals surface area contributed by atoms with Crippen molar-refractivity contribution in [2.45, 2.75) is 109 Å². The van der Waals surface area contributed by atoms with Crippen LogP contribution >= 0.6 is 11.3 Å². The van der Waals surface area contributed by atoms with Gasteiger partial charge in [-0.15, -0.1) is 11.3 Å². The summed E-state index contributed by atoms with van der Waals surface area (Å²) in [4.78, 5) is 67.2. The van der Waals surface area contributed by atoms with Crippen molar-refractivity contribution in [3.8, 4) is 10.4 Å². The number of carboxylic acids is 2. The van der Waals surface area contributed by atoms with Gasteiger partial charge in [-0.05, 0) is 49.1 Å². The fraction of sp³-hybridized carbons (Fsp3) is 0.588. The number of ether oxygens (including phenoxy) is 1. The molecule has 5 rings (SSSR count). The molecule has 1 saturated carbocycles. The number of halogens is 3. The van der Waals surface area contributed by atoms with Gasteiger partial charge in [-0.1, -0.05) is 45.0 Å². The molecule has 3 amide bonds. The molecule has 5 N–H and O–H groups in total. The highest BCUT2D eigenvalue weighted by atomic mass is 32.1. The third kappa shape index (κ3) is 10.0. The van der Waals surface area contributed by atoms with Crippen molar-refractivity contribution >= 4 is 41.0 Å². The van der Waals surface area contributed by atoms with Crippen LogP contribution < -0.4 is 10.6 Å². The Bertz CT molecular complexity index is 1600. The smallest absolute Gasteiger partial charge is 0.481 e. The van der Waals surface area contributed by atoms with Crippen LogP contribution in [0.1, 0.15) is 70.6 Å². The molecule has 0 bridgehead atoms. The second kappa shape index (κ2) is 15.7. The van der Waals surface area contributed by atoms with Crippen LogP contribution in [0.2, 0.25) is 0 Å². The van der Waals surface area contributed by atoms with E-state index in [-0.39, 0.29) is 43.8 Å². The van der Waals surface area contributed by atoms with E-state index in [9.17, 15) is 42.6 Å². The first-order valence-electron chi connectivity index (χ1n) is 16.4. The number of aliphatic hydroxyl groups excluding tert-OH is 1. The highest BCUT2D eigenvalue weighted by Crippen LogP contribution is 2.49. The number of aryl methyl sites for hydroxylation is 1. The van der Waals surface area contributed by atoms with Crippen LogP contribution in [0.3, 0.4) is 0 Å². The van der Waals surface area contributed by atoms with E-state index in [4.69, 9.17) is 14.6 Å². The fourth-order valence-corrected chi connectivity index (χ4v) is 7.37. The first kappa shape index (κ1) is 39.7. The molecule has 3 heterocycles. The van der Waals surface area contributed by atoms with Crippen LogP contribution in [-0.4, -0.2) is 97.5 Å². The van der Waals surface area contributed by atoms with Crippen molar-refractivity contribution < 1.29 is 57.2 Å². The first-order valence-corrected chi connectivity index (χ1v) is 17.3. The largest absolute Gasteiger partial charge is 0.490 e. The summed E-state index contributed by atoms with van der Waals surface area (Å²) in [6.07, 6.45) is -3.81. The molecule has 3 fully saturated rings. The Balaban J connectivity index is 0.000000755. The lowest BCUT2D eigenvalue weighted by Gasteiger charge is -2.42. The maximum Gasteiger partial charge on any atom is 0.490 e. The fourth-order valence-electron chi connectivity index (χ4n) is 6.56. The molecule has 2 aliphatic heterocycles.